The fourth-order valence-corrected chi connectivity index (χ4v) is 2.71. The summed E-state index contributed by atoms with van der Waals surface area (Å²) in [7, 11) is 0. The third kappa shape index (κ3) is 2.47. The van der Waals surface area contributed by atoms with E-state index >= 15 is 0 Å². The van der Waals surface area contributed by atoms with Gasteiger partial charge in [-0.2, -0.15) is 8.78 Å². The van der Waals surface area contributed by atoms with Crippen molar-refractivity contribution in [1.82, 2.24) is 10.2 Å². The molecular formula is C14H16F2N2O2. The van der Waals surface area contributed by atoms with Crippen LogP contribution in [0.1, 0.15) is 31.0 Å². The van der Waals surface area contributed by atoms with Crippen LogP contribution in [0.5, 0.6) is 5.75 Å². The number of alkyl halides is 2. The first kappa shape index (κ1) is 13.3. The van der Waals surface area contributed by atoms with Crippen LogP contribution in [0.15, 0.2) is 24.3 Å². The molecule has 3 rings (SSSR count). The van der Waals surface area contributed by atoms with Crippen LogP contribution in [0.3, 0.4) is 0 Å². The molecule has 20 heavy (non-hydrogen) atoms. The predicted octanol–water partition coefficient (Wildman–Crippen LogP) is 2.27. The highest BCUT2D eigenvalue weighted by Gasteiger charge is 2.38. The first-order valence-corrected chi connectivity index (χ1v) is 6.74. The molecule has 0 aromatic heterocycles. The van der Waals surface area contributed by atoms with Crippen molar-refractivity contribution in [1.29, 1.82) is 0 Å². The van der Waals surface area contributed by atoms with E-state index in [1.54, 1.807) is 12.1 Å². The van der Waals surface area contributed by atoms with E-state index in [9.17, 15) is 13.6 Å². The van der Waals surface area contributed by atoms with E-state index in [0.717, 1.165) is 24.8 Å². The highest BCUT2D eigenvalue weighted by Crippen LogP contribution is 2.34. The smallest absolute Gasteiger partial charge is 0.387 e. The van der Waals surface area contributed by atoms with Crippen molar-refractivity contribution in [2.24, 2.45) is 0 Å². The second kappa shape index (κ2) is 5.36. The number of halogens is 2. The number of rotatable bonds is 4. The lowest BCUT2D eigenvalue weighted by Crippen LogP contribution is -2.43. The lowest BCUT2D eigenvalue weighted by Gasteiger charge is -2.38. The van der Waals surface area contributed by atoms with E-state index in [1.165, 1.54) is 12.1 Å². The van der Waals surface area contributed by atoms with E-state index in [4.69, 9.17) is 0 Å². The van der Waals surface area contributed by atoms with Crippen LogP contribution in [-0.4, -0.2) is 30.0 Å². The van der Waals surface area contributed by atoms with Gasteiger partial charge in [-0.15, -0.1) is 0 Å². The Morgan fingerprint density at radius 3 is 2.50 bits per heavy atom. The number of amides is 1. The molecule has 6 heteroatoms. The monoisotopic (exact) mass is 282 g/mol. The van der Waals surface area contributed by atoms with Crippen molar-refractivity contribution < 1.29 is 18.3 Å². The molecule has 1 heterocycles. The lowest BCUT2D eigenvalue weighted by molar-refractivity contribution is -0.132. The fraction of sp³-hybridized carbons (Fsp3) is 0.500. The van der Waals surface area contributed by atoms with Crippen LogP contribution >= 0.6 is 0 Å². The van der Waals surface area contributed by atoms with E-state index in [2.05, 4.69) is 10.1 Å². The Morgan fingerprint density at radius 2 is 1.95 bits per heavy atom. The Balaban J connectivity index is 1.75. The zero-order chi connectivity index (χ0) is 14.1. The van der Waals surface area contributed by atoms with Crippen LogP contribution in [0.4, 0.5) is 8.78 Å². The minimum absolute atomic E-state index is 0.104. The third-order valence-corrected chi connectivity index (χ3v) is 3.90. The van der Waals surface area contributed by atoms with Crippen molar-refractivity contribution >= 4 is 5.91 Å². The molecule has 1 atom stereocenters. The summed E-state index contributed by atoms with van der Waals surface area (Å²) in [5.41, 5.74) is 0.893. The number of carbonyl (C=O) groups is 1. The van der Waals surface area contributed by atoms with Gasteiger partial charge in [0.1, 0.15) is 11.9 Å². The van der Waals surface area contributed by atoms with Crippen LogP contribution in [0, 0.1) is 0 Å². The molecule has 108 valence electrons. The van der Waals surface area contributed by atoms with Crippen molar-refractivity contribution in [3.8, 4) is 5.75 Å². The van der Waals surface area contributed by atoms with E-state index in [-0.39, 0.29) is 17.8 Å². The van der Waals surface area contributed by atoms with Gasteiger partial charge in [-0.3, -0.25) is 10.1 Å². The van der Waals surface area contributed by atoms with Crippen LogP contribution in [-0.2, 0) is 4.79 Å². The summed E-state index contributed by atoms with van der Waals surface area (Å²) in [4.78, 5) is 13.8. The van der Waals surface area contributed by atoms with Crippen LogP contribution < -0.4 is 10.1 Å². The summed E-state index contributed by atoms with van der Waals surface area (Å²) in [6.45, 7) is -2.49. The number of nitrogens with zero attached hydrogens (tertiary/aromatic N) is 1. The fourth-order valence-electron chi connectivity index (χ4n) is 2.71. The number of benzene rings is 1. The Kier molecular flexibility index (Phi) is 3.56. The summed E-state index contributed by atoms with van der Waals surface area (Å²) < 4.78 is 28.5. The molecule has 4 nitrogen and oxygen atoms in total. The summed E-state index contributed by atoms with van der Waals surface area (Å²) in [5.74, 6) is 0.232. The molecule has 2 fully saturated rings. The van der Waals surface area contributed by atoms with Crippen molar-refractivity contribution in [2.45, 2.75) is 38.1 Å². The van der Waals surface area contributed by atoms with E-state index in [1.807, 2.05) is 4.90 Å². The summed E-state index contributed by atoms with van der Waals surface area (Å²) >= 11 is 0. The van der Waals surface area contributed by atoms with E-state index in [0.29, 0.717) is 12.6 Å². The van der Waals surface area contributed by atoms with Gasteiger partial charge < -0.3 is 9.64 Å². The first-order chi connectivity index (χ1) is 9.65. The van der Waals surface area contributed by atoms with Gasteiger partial charge in [-0.1, -0.05) is 12.1 Å². The number of nitrogens with one attached hydrogen (secondary N) is 1. The molecule has 1 N–H and O–H groups in total. The molecule has 1 aromatic rings. The summed E-state index contributed by atoms with van der Waals surface area (Å²) in [6, 6.07) is 6.76. The molecule has 1 aliphatic heterocycles. The highest BCUT2D eigenvalue weighted by molar-refractivity contribution is 5.81. The molecule has 0 spiro atoms. The zero-order valence-corrected chi connectivity index (χ0v) is 10.9. The largest absolute Gasteiger partial charge is 0.435 e. The Hall–Kier alpha value is -1.69. The normalized spacial score (nSPS) is 23.2. The van der Waals surface area contributed by atoms with Gasteiger partial charge in [0.25, 0.3) is 0 Å². The molecule has 1 unspecified atom stereocenters. The summed E-state index contributed by atoms with van der Waals surface area (Å²) in [6.07, 6.45) is 3.07. The van der Waals surface area contributed by atoms with Crippen LogP contribution in [0.25, 0.3) is 0 Å². The number of carbonyl (C=O) groups excluding carboxylic acids is 1. The minimum atomic E-state index is -2.82. The van der Waals surface area contributed by atoms with Gasteiger partial charge in [-0.05, 0) is 37.0 Å². The molecule has 1 aliphatic carbocycles. The molecule has 1 saturated carbocycles. The Morgan fingerprint density at radius 1 is 1.25 bits per heavy atom. The van der Waals surface area contributed by atoms with Crippen LogP contribution in [0.2, 0.25) is 0 Å². The van der Waals surface area contributed by atoms with Gasteiger partial charge in [0.15, 0.2) is 0 Å². The topological polar surface area (TPSA) is 41.6 Å². The standard InChI is InChI=1S/C14H16F2N2O2/c15-14(16)20-11-6-4-9(5-7-11)13-17-8-12(19)18(13)10-2-1-3-10/h4-7,10,13-14,17H,1-3,8H2. The number of hydrogen-bond donors (Lipinski definition) is 1. The molecule has 0 radical (unpaired) electrons. The number of hydrogen-bond acceptors (Lipinski definition) is 3. The average Bonchev–Trinajstić information content (AvgIpc) is 2.70. The second-order valence-corrected chi connectivity index (χ2v) is 5.12. The van der Waals surface area contributed by atoms with E-state index < -0.39 is 6.61 Å². The van der Waals surface area contributed by atoms with Crippen molar-refractivity contribution in [2.75, 3.05) is 6.54 Å². The van der Waals surface area contributed by atoms with Crippen molar-refractivity contribution in [3.05, 3.63) is 29.8 Å². The maximum Gasteiger partial charge on any atom is 0.387 e. The molecule has 1 aromatic carbocycles. The molecule has 0 bridgehead atoms. The minimum Gasteiger partial charge on any atom is -0.435 e. The van der Waals surface area contributed by atoms with Gasteiger partial charge >= 0.3 is 6.61 Å². The first-order valence-electron chi connectivity index (χ1n) is 6.74. The average molecular weight is 282 g/mol. The van der Waals surface area contributed by atoms with Gasteiger partial charge in [0.05, 0.1) is 6.54 Å². The molecular weight excluding hydrogens is 266 g/mol. The third-order valence-electron chi connectivity index (χ3n) is 3.90. The highest BCUT2D eigenvalue weighted by atomic mass is 19.3. The quantitative estimate of drug-likeness (QED) is 0.921. The van der Waals surface area contributed by atoms with Gasteiger partial charge in [-0.25, -0.2) is 0 Å². The number of ether oxygens (including phenoxy) is 1. The second-order valence-electron chi connectivity index (χ2n) is 5.12. The zero-order valence-electron chi connectivity index (χ0n) is 10.9. The Labute approximate surface area is 115 Å². The molecule has 2 aliphatic rings. The molecule has 1 amide bonds. The van der Waals surface area contributed by atoms with Gasteiger partial charge in [0.2, 0.25) is 5.91 Å². The maximum atomic E-state index is 12.1. The lowest BCUT2D eigenvalue weighted by atomic mass is 9.91. The van der Waals surface area contributed by atoms with Crippen molar-refractivity contribution in [3.63, 3.8) is 0 Å². The maximum absolute atomic E-state index is 12.1. The summed E-state index contributed by atoms with van der Waals surface area (Å²) in [5, 5.41) is 3.17. The predicted molar refractivity (Wildman–Crippen MR) is 68.3 cm³/mol. The molecule has 1 saturated heterocycles. The van der Waals surface area contributed by atoms with Gasteiger partial charge in [0, 0.05) is 6.04 Å². The Bertz CT molecular complexity index is 488. The SMILES string of the molecule is O=C1CNC(c2ccc(OC(F)F)cc2)N1C1CCC1.